The van der Waals surface area contributed by atoms with Gasteiger partial charge in [-0.15, -0.1) is 0 Å². The minimum atomic E-state index is -1.79. The summed E-state index contributed by atoms with van der Waals surface area (Å²) in [5.74, 6) is 0. The van der Waals surface area contributed by atoms with Crippen LogP contribution in [0.15, 0.2) is 0 Å². The monoisotopic (exact) mass is 440 g/mol. The normalized spacial score (nSPS) is 20.7. The molecule has 0 aromatic rings. The molecule has 1 rings (SSSR count). The first kappa shape index (κ1) is 18.4. The van der Waals surface area contributed by atoms with Crippen LogP contribution in [0.1, 0.15) is 78.6 Å². The number of hydrogen-bond donors (Lipinski definition) is 0. The van der Waals surface area contributed by atoms with Crippen molar-refractivity contribution in [2.75, 3.05) is 0 Å². The molecular formula is C17H36SeSn. The molecule has 1 aliphatic heterocycles. The molecule has 1 unspecified atom stereocenters. The van der Waals surface area contributed by atoms with Crippen LogP contribution in [-0.2, 0) is 0 Å². The van der Waals surface area contributed by atoms with E-state index in [1.165, 1.54) is 22.1 Å². The summed E-state index contributed by atoms with van der Waals surface area (Å²) < 4.78 is 6.58. The Balaban J connectivity index is 2.73. The molecule has 0 radical (unpaired) electrons. The van der Waals surface area contributed by atoms with Gasteiger partial charge in [-0.25, -0.2) is 0 Å². The van der Waals surface area contributed by atoms with Crippen LogP contribution in [0.25, 0.3) is 0 Å². The van der Waals surface area contributed by atoms with Gasteiger partial charge >= 0.3 is 133 Å². The summed E-state index contributed by atoms with van der Waals surface area (Å²) in [6.07, 6.45) is 13.8. The van der Waals surface area contributed by atoms with E-state index in [0.717, 1.165) is 15.0 Å². The topological polar surface area (TPSA) is 0 Å². The Morgan fingerprint density at radius 3 is 1.74 bits per heavy atom. The molecule has 0 bridgehead atoms. The molecule has 0 aromatic carbocycles. The summed E-state index contributed by atoms with van der Waals surface area (Å²) >= 11 is -0.746. The van der Waals surface area contributed by atoms with E-state index in [2.05, 4.69) is 20.8 Å². The van der Waals surface area contributed by atoms with E-state index in [1.807, 2.05) is 0 Å². The fourth-order valence-corrected chi connectivity index (χ4v) is 34.7. The minimum absolute atomic E-state index is 1.05. The second-order valence-electron chi connectivity index (χ2n) is 6.53. The zero-order valence-electron chi connectivity index (χ0n) is 13.7. The third kappa shape index (κ3) is 6.30. The molecule has 1 aliphatic rings. The maximum atomic E-state index is 2.41. The molecule has 19 heavy (non-hydrogen) atoms. The Labute approximate surface area is 132 Å². The Bertz CT molecular complexity index is 190. The van der Waals surface area contributed by atoms with E-state index < -0.39 is 18.4 Å². The standard InChI is InChI=1S/C5H9Se.3C4H9.Sn/c1-2-4-6-5-3-1;3*1-3-4-2;/h4H,1-3,5H2;3*1,3-4H2,2H3;. The average Bonchev–Trinajstić information content (AvgIpc) is 2.48. The third-order valence-corrected chi connectivity index (χ3v) is 33.2. The summed E-state index contributed by atoms with van der Waals surface area (Å²) in [5.41, 5.74) is 0. The van der Waals surface area contributed by atoms with E-state index in [1.54, 1.807) is 57.2 Å². The number of hydrogen-bond acceptors (Lipinski definition) is 0. The first-order valence-electron chi connectivity index (χ1n) is 8.90. The predicted molar refractivity (Wildman–Crippen MR) is 93.1 cm³/mol. The Morgan fingerprint density at radius 1 is 0.842 bits per heavy atom. The summed E-state index contributed by atoms with van der Waals surface area (Å²) in [5, 5.41) is 1.63. The van der Waals surface area contributed by atoms with Crippen LogP contribution in [0.2, 0.25) is 21.5 Å². The molecule has 0 spiro atoms. The van der Waals surface area contributed by atoms with Gasteiger partial charge in [-0.1, -0.05) is 0 Å². The first-order valence-corrected chi connectivity index (χ1v) is 18.8. The van der Waals surface area contributed by atoms with Crippen molar-refractivity contribution in [3.05, 3.63) is 0 Å². The van der Waals surface area contributed by atoms with Crippen LogP contribution in [0.4, 0.5) is 0 Å². The maximum absolute atomic E-state index is 2.41. The predicted octanol–water partition coefficient (Wildman–Crippen LogP) is 6.47. The Morgan fingerprint density at radius 2 is 1.37 bits per heavy atom. The molecule has 0 N–H and O–H groups in total. The van der Waals surface area contributed by atoms with E-state index in [9.17, 15) is 0 Å². The van der Waals surface area contributed by atoms with Crippen molar-refractivity contribution in [1.82, 2.24) is 0 Å². The van der Waals surface area contributed by atoms with Crippen molar-refractivity contribution >= 4 is 33.3 Å². The van der Waals surface area contributed by atoms with Gasteiger partial charge < -0.3 is 0 Å². The van der Waals surface area contributed by atoms with Crippen LogP contribution in [0, 0.1) is 0 Å². The molecule has 114 valence electrons. The molecule has 0 nitrogen and oxygen atoms in total. The summed E-state index contributed by atoms with van der Waals surface area (Å²) in [4.78, 5) is 0. The van der Waals surface area contributed by atoms with E-state index in [-0.39, 0.29) is 0 Å². The second-order valence-corrected chi connectivity index (χ2v) is 26.0. The molecule has 0 amide bonds. The van der Waals surface area contributed by atoms with Gasteiger partial charge in [0.2, 0.25) is 0 Å². The summed E-state index contributed by atoms with van der Waals surface area (Å²) in [6.45, 7) is 7.22. The molecule has 0 aromatic heterocycles. The van der Waals surface area contributed by atoms with Gasteiger partial charge in [0.25, 0.3) is 0 Å². The van der Waals surface area contributed by atoms with E-state index in [4.69, 9.17) is 0 Å². The average molecular weight is 438 g/mol. The summed E-state index contributed by atoms with van der Waals surface area (Å²) in [7, 11) is 0. The molecule has 1 atom stereocenters. The third-order valence-electron chi connectivity index (χ3n) is 4.95. The molecule has 1 heterocycles. The van der Waals surface area contributed by atoms with Crippen LogP contribution < -0.4 is 0 Å². The molecule has 0 aliphatic carbocycles. The molecule has 1 fully saturated rings. The van der Waals surface area contributed by atoms with Crippen LogP contribution in [-0.4, -0.2) is 33.3 Å². The van der Waals surface area contributed by atoms with Gasteiger partial charge in [0, 0.05) is 0 Å². The molecular weight excluding hydrogens is 402 g/mol. The molecule has 2 heteroatoms. The van der Waals surface area contributed by atoms with Crippen LogP contribution >= 0.6 is 0 Å². The van der Waals surface area contributed by atoms with Gasteiger partial charge in [-0.3, -0.25) is 0 Å². The SMILES string of the molecule is CCC[CH2][Sn]([CH2]CCC)([CH2]CCC)[CH]1CCCC[Se]1. The van der Waals surface area contributed by atoms with Crippen molar-refractivity contribution in [2.24, 2.45) is 0 Å². The van der Waals surface area contributed by atoms with Crippen LogP contribution in [0.3, 0.4) is 0 Å². The fraction of sp³-hybridized carbons (Fsp3) is 1.00. The zero-order chi connectivity index (χ0) is 14.0. The van der Waals surface area contributed by atoms with E-state index >= 15 is 0 Å². The van der Waals surface area contributed by atoms with Gasteiger partial charge in [0.05, 0.1) is 0 Å². The number of rotatable bonds is 10. The number of unbranched alkanes of at least 4 members (excludes halogenated alkanes) is 3. The quantitative estimate of drug-likeness (QED) is 0.343. The zero-order valence-corrected chi connectivity index (χ0v) is 18.2. The van der Waals surface area contributed by atoms with Crippen molar-refractivity contribution < 1.29 is 0 Å². The van der Waals surface area contributed by atoms with E-state index in [0.29, 0.717) is 0 Å². The fourth-order valence-electron chi connectivity index (χ4n) is 3.67. The molecule has 0 saturated carbocycles. The van der Waals surface area contributed by atoms with Crippen molar-refractivity contribution in [1.29, 1.82) is 0 Å². The first-order chi connectivity index (χ1) is 9.29. The van der Waals surface area contributed by atoms with Gasteiger partial charge in [-0.2, -0.15) is 0 Å². The van der Waals surface area contributed by atoms with Crippen LogP contribution in [0.5, 0.6) is 0 Å². The Hall–Kier alpha value is 1.32. The molecule has 1 saturated heterocycles. The second kappa shape index (κ2) is 11.0. The van der Waals surface area contributed by atoms with Gasteiger partial charge in [0.1, 0.15) is 0 Å². The van der Waals surface area contributed by atoms with Crippen molar-refractivity contribution in [3.8, 4) is 0 Å². The van der Waals surface area contributed by atoms with Crippen molar-refractivity contribution in [2.45, 2.75) is 100 Å². The van der Waals surface area contributed by atoms with Gasteiger partial charge in [0.15, 0.2) is 0 Å². The summed E-state index contributed by atoms with van der Waals surface area (Å²) in [6, 6.07) is 0. The van der Waals surface area contributed by atoms with Gasteiger partial charge in [-0.05, 0) is 0 Å². The Kier molecular flexibility index (Phi) is 10.6. The van der Waals surface area contributed by atoms with Crippen molar-refractivity contribution in [3.63, 3.8) is 0 Å².